The zero-order valence-electron chi connectivity index (χ0n) is 11.6. The van der Waals surface area contributed by atoms with Gasteiger partial charge in [-0.25, -0.2) is 0 Å². The fourth-order valence-electron chi connectivity index (χ4n) is 1.77. The molecule has 1 unspecified atom stereocenters. The molecule has 20 heavy (non-hydrogen) atoms. The maximum Gasteiger partial charge on any atom is 0.311 e. The molecule has 0 spiro atoms. The van der Waals surface area contributed by atoms with Gasteiger partial charge in [0, 0.05) is 24.4 Å². The highest BCUT2D eigenvalue weighted by Crippen LogP contribution is 2.29. The molecule has 0 amide bonds. The number of rotatable bonds is 7. The summed E-state index contributed by atoms with van der Waals surface area (Å²) >= 11 is 0. The standard InChI is InChI=1S/C13H18N2O5/c1-8(2)10(13(16)17)7-14-9-4-5-11(15(18)19)12(6-9)20-3/h4-6,8,10,14H,7H2,1-3H3,(H,16,17). The third kappa shape index (κ3) is 3.84. The van der Waals surface area contributed by atoms with Gasteiger partial charge in [0.1, 0.15) is 0 Å². The Morgan fingerprint density at radius 3 is 2.60 bits per heavy atom. The average molecular weight is 282 g/mol. The van der Waals surface area contributed by atoms with E-state index in [2.05, 4.69) is 5.32 Å². The molecule has 0 heterocycles. The van der Waals surface area contributed by atoms with Gasteiger partial charge in [0.25, 0.3) is 0 Å². The van der Waals surface area contributed by atoms with E-state index >= 15 is 0 Å². The number of hydrogen-bond donors (Lipinski definition) is 2. The van der Waals surface area contributed by atoms with Crippen molar-refractivity contribution in [2.24, 2.45) is 11.8 Å². The molecule has 0 aliphatic heterocycles. The minimum Gasteiger partial charge on any atom is -0.490 e. The Bertz CT molecular complexity index is 502. The Kier molecular flexibility index (Phi) is 5.31. The molecular weight excluding hydrogens is 264 g/mol. The number of benzene rings is 1. The summed E-state index contributed by atoms with van der Waals surface area (Å²) in [7, 11) is 1.35. The van der Waals surface area contributed by atoms with Crippen LogP contribution < -0.4 is 10.1 Å². The predicted octanol–water partition coefficient (Wildman–Crippen LogP) is 2.37. The van der Waals surface area contributed by atoms with Gasteiger partial charge in [-0.1, -0.05) is 13.8 Å². The van der Waals surface area contributed by atoms with Gasteiger partial charge >= 0.3 is 11.7 Å². The number of nitrogens with one attached hydrogen (secondary N) is 1. The van der Waals surface area contributed by atoms with Crippen LogP contribution in [0.4, 0.5) is 11.4 Å². The molecule has 1 aromatic rings. The van der Waals surface area contributed by atoms with E-state index in [4.69, 9.17) is 9.84 Å². The van der Waals surface area contributed by atoms with Crippen LogP contribution in [0.25, 0.3) is 0 Å². The molecule has 0 aromatic heterocycles. The largest absolute Gasteiger partial charge is 0.490 e. The first-order valence-corrected chi connectivity index (χ1v) is 6.16. The minimum atomic E-state index is -0.874. The molecule has 0 aliphatic rings. The number of nitro groups is 1. The van der Waals surface area contributed by atoms with Gasteiger partial charge in [-0.2, -0.15) is 0 Å². The van der Waals surface area contributed by atoms with Crippen LogP contribution in [0, 0.1) is 22.0 Å². The second-order valence-corrected chi connectivity index (χ2v) is 4.71. The van der Waals surface area contributed by atoms with Crippen molar-refractivity contribution >= 4 is 17.3 Å². The summed E-state index contributed by atoms with van der Waals surface area (Å²) in [6.45, 7) is 3.90. The molecule has 2 N–H and O–H groups in total. The van der Waals surface area contributed by atoms with Crippen molar-refractivity contribution in [1.29, 1.82) is 0 Å². The van der Waals surface area contributed by atoms with Crippen LogP contribution in [-0.4, -0.2) is 29.7 Å². The highest BCUT2D eigenvalue weighted by molar-refractivity contribution is 5.71. The van der Waals surface area contributed by atoms with Crippen LogP contribution in [0.15, 0.2) is 18.2 Å². The molecule has 1 aromatic carbocycles. The van der Waals surface area contributed by atoms with Gasteiger partial charge in [-0.3, -0.25) is 14.9 Å². The lowest BCUT2D eigenvalue weighted by molar-refractivity contribution is -0.385. The summed E-state index contributed by atoms with van der Waals surface area (Å²) in [4.78, 5) is 21.3. The van der Waals surface area contributed by atoms with Crippen LogP contribution in [0.5, 0.6) is 5.75 Å². The lowest BCUT2D eigenvalue weighted by Crippen LogP contribution is -2.27. The normalized spacial score (nSPS) is 12.0. The molecule has 0 bridgehead atoms. The van der Waals surface area contributed by atoms with Gasteiger partial charge in [-0.15, -0.1) is 0 Å². The van der Waals surface area contributed by atoms with Crippen molar-refractivity contribution < 1.29 is 19.6 Å². The Morgan fingerprint density at radius 2 is 2.15 bits per heavy atom. The molecule has 7 heteroatoms. The van der Waals surface area contributed by atoms with Crippen LogP contribution in [0.3, 0.4) is 0 Å². The SMILES string of the molecule is COc1cc(NCC(C(=O)O)C(C)C)ccc1[N+](=O)[O-]. The lowest BCUT2D eigenvalue weighted by Gasteiger charge is -2.17. The van der Waals surface area contributed by atoms with E-state index in [1.807, 2.05) is 13.8 Å². The molecule has 0 radical (unpaired) electrons. The van der Waals surface area contributed by atoms with Crippen LogP contribution in [0.1, 0.15) is 13.8 Å². The fraction of sp³-hybridized carbons (Fsp3) is 0.462. The number of anilines is 1. The van der Waals surface area contributed by atoms with Gasteiger partial charge in [0.05, 0.1) is 18.0 Å². The van der Waals surface area contributed by atoms with Gasteiger partial charge < -0.3 is 15.2 Å². The Morgan fingerprint density at radius 1 is 1.50 bits per heavy atom. The number of ether oxygens (including phenoxy) is 1. The van der Waals surface area contributed by atoms with Crippen molar-refractivity contribution in [3.8, 4) is 5.75 Å². The third-order valence-electron chi connectivity index (χ3n) is 3.02. The summed E-state index contributed by atoms with van der Waals surface area (Å²) in [6, 6.07) is 4.34. The first kappa shape index (κ1) is 15.7. The molecule has 0 aliphatic carbocycles. The number of hydrogen-bond acceptors (Lipinski definition) is 5. The van der Waals surface area contributed by atoms with E-state index in [9.17, 15) is 14.9 Å². The summed E-state index contributed by atoms with van der Waals surface area (Å²) in [5, 5.41) is 22.8. The number of methoxy groups -OCH3 is 1. The van der Waals surface area contributed by atoms with Gasteiger partial charge in [0.15, 0.2) is 5.75 Å². The summed E-state index contributed by atoms with van der Waals surface area (Å²) in [5.41, 5.74) is 0.455. The molecular formula is C13H18N2O5. The van der Waals surface area contributed by atoms with Crippen molar-refractivity contribution in [2.75, 3.05) is 19.0 Å². The van der Waals surface area contributed by atoms with Crippen molar-refractivity contribution in [1.82, 2.24) is 0 Å². The topological polar surface area (TPSA) is 102 Å². The quantitative estimate of drug-likeness (QED) is 0.588. The van der Waals surface area contributed by atoms with Crippen LogP contribution in [0.2, 0.25) is 0 Å². The molecule has 0 saturated carbocycles. The second kappa shape index (κ2) is 6.74. The van der Waals surface area contributed by atoms with Crippen molar-refractivity contribution in [3.05, 3.63) is 28.3 Å². The van der Waals surface area contributed by atoms with E-state index < -0.39 is 16.8 Å². The minimum absolute atomic E-state index is 0.0139. The zero-order chi connectivity index (χ0) is 15.3. The third-order valence-corrected chi connectivity index (χ3v) is 3.02. The van der Waals surface area contributed by atoms with E-state index in [1.165, 1.54) is 25.3 Å². The zero-order valence-corrected chi connectivity index (χ0v) is 11.6. The number of aliphatic carboxylic acids is 1. The first-order valence-electron chi connectivity index (χ1n) is 6.16. The van der Waals surface area contributed by atoms with E-state index in [0.717, 1.165) is 0 Å². The maximum absolute atomic E-state index is 11.1. The number of carbonyl (C=O) groups is 1. The van der Waals surface area contributed by atoms with E-state index in [0.29, 0.717) is 5.69 Å². The molecule has 0 saturated heterocycles. The van der Waals surface area contributed by atoms with E-state index in [1.54, 1.807) is 0 Å². The van der Waals surface area contributed by atoms with Crippen molar-refractivity contribution in [2.45, 2.75) is 13.8 Å². The smallest absolute Gasteiger partial charge is 0.311 e. The highest BCUT2D eigenvalue weighted by atomic mass is 16.6. The predicted molar refractivity (Wildman–Crippen MR) is 74.1 cm³/mol. The van der Waals surface area contributed by atoms with Crippen LogP contribution >= 0.6 is 0 Å². The lowest BCUT2D eigenvalue weighted by atomic mass is 9.96. The maximum atomic E-state index is 11.1. The molecule has 7 nitrogen and oxygen atoms in total. The van der Waals surface area contributed by atoms with Gasteiger partial charge in [0.2, 0.25) is 0 Å². The molecule has 0 fully saturated rings. The monoisotopic (exact) mass is 282 g/mol. The Hall–Kier alpha value is -2.31. The molecule has 1 atom stereocenters. The Balaban J connectivity index is 2.83. The van der Waals surface area contributed by atoms with Gasteiger partial charge in [-0.05, 0) is 12.0 Å². The van der Waals surface area contributed by atoms with E-state index in [-0.39, 0.29) is 23.9 Å². The second-order valence-electron chi connectivity index (χ2n) is 4.71. The number of nitro benzene ring substituents is 1. The number of carboxylic acids is 1. The number of carboxylic acid groups (broad SMARTS) is 1. The first-order chi connectivity index (χ1) is 9.36. The summed E-state index contributed by atoms with van der Waals surface area (Å²) in [6.07, 6.45) is 0. The summed E-state index contributed by atoms with van der Waals surface area (Å²) < 4.78 is 4.95. The molecule has 110 valence electrons. The van der Waals surface area contributed by atoms with Crippen LogP contribution in [-0.2, 0) is 4.79 Å². The fourth-order valence-corrected chi connectivity index (χ4v) is 1.77. The van der Waals surface area contributed by atoms with Crippen molar-refractivity contribution in [3.63, 3.8) is 0 Å². The molecule has 1 rings (SSSR count). The Labute approximate surface area is 116 Å². The highest BCUT2D eigenvalue weighted by Gasteiger charge is 2.21. The summed E-state index contributed by atoms with van der Waals surface area (Å²) in [5.74, 6) is -1.28. The number of nitrogens with zero attached hydrogens (tertiary/aromatic N) is 1. The average Bonchev–Trinajstić information content (AvgIpc) is 2.37.